The summed E-state index contributed by atoms with van der Waals surface area (Å²) >= 11 is 0. The number of fused-ring (bicyclic) bond motifs is 1. The summed E-state index contributed by atoms with van der Waals surface area (Å²) in [6.45, 7) is 16.6. The van der Waals surface area contributed by atoms with Gasteiger partial charge >= 0.3 is 12.1 Å². The summed E-state index contributed by atoms with van der Waals surface area (Å²) in [5.74, 6) is -0.270. The lowest BCUT2D eigenvalue weighted by atomic mass is 9.96. The number of hydrogen-bond acceptors (Lipinski definition) is 4. The van der Waals surface area contributed by atoms with Crippen molar-refractivity contribution in [1.29, 1.82) is 0 Å². The summed E-state index contributed by atoms with van der Waals surface area (Å²) < 4.78 is 7.37. The number of amides is 1. The molecule has 166 valence electrons. The zero-order chi connectivity index (χ0) is 22.9. The van der Waals surface area contributed by atoms with E-state index in [-0.39, 0.29) is 11.8 Å². The summed E-state index contributed by atoms with van der Waals surface area (Å²) in [4.78, 5) is 28.5. The summed E-state index contributed by atoms with van der Waals surface area (Å²) in [7, 11) is 0. The number of carboxylic acid groups (broad SMARTS) is 1. The molecule has 7 heteroatoms. The van der Waals surface area contributed by atoms with Crippen molar-refractivity contribution >= 4 is 23.1 Å². The van der Waals surface area contributed by atoms with Crippen molar-refractivity contribution in [2.45, 2.75) is 86.4 Å². The van der Waals surface area contributed by atoms with Crippen molar-refractivity contribution < 1.29 is 19.4 Å². The third-order valence-corrected chi connectivity index (χ3v) is 4.72. The molecule has 0 saturated carbocycles. The molecule has 0 fully saturated rings. The summed E-state index contributed by atoms with van der Waals surface area (Å²) in [6, 6.07) is 3.16. The van der Waals surface area contributed by atoms with Gasteiger partial charge in [0, 0.05) is 13.0 Å². The first-order chi connectivity index (χ1) is 13.7. The second kappa shape index (κ2) is 8.66. The molecule has 0 radical (unpaired) electrons. The molecular weight excluding hydrogens is 382 g/mol. The maximum absolute atomic E-state index is 12.0. The van der Waals surface area contributed by atoms with Crippen molar-refractivity contribution in [3.8, 4) is 0 Å². The largest absolute Gasteiger partial charge is 0.480 e. The third kappa shape index (κ3) is 6.47. The minimum absolute atomic E-state index is 0.0299. The Morgan fingerprint density at radius 1 is 1.13 bits per heavy atom. The van der Waals surface area contributed by atoms with Gasteiger partial charge in [0.05, 0.1) is 11.0 Å². The number of nitrogens with zero attached hydrogens (tertiary/aromatic N) is 2. The van der Waals surface area contributed by atoms with Gasteiger partial charge in [-0.05, 0) is 69.7 Å². The molecule has 1 aromatic carbocycles. The van der Waals surface area contributed by atoms with Gasteiger partial charge in [0.1, 0.15) is 17.5 Å². The van der Waals surface area contributed by atoms with Gasteiger partial charge in [0.25, 0.3) is 0 Å². The number of aromatic nitrogens is 2. The van der Waals surface area contributed by atoms with Crippen molar-refractivity contribution in [2.24, 2.45) is 5.41 Å². The highest BCUT2D eigenvalue weighted by atomic mass is 16.6. The Bertz CT molecular complexity index is 933. The quantitative estimate of drug-likeness (QED) is 0.716. The van der Waals surface area contributed by atoms with Crippen LogP contribution in [0.25, 0.3) is 11.0 Å². The lowest BCUT2D eigenvalue weighted by Gasteiger charge is -2.23. The minimum atomic E-state index is -1.09. The van der Waals surface area contributed by atoms with E-state index in [4.69, 9.17) is 9.72 Å². The molecule has 1 atom stereocenters. The number of hydrogen-bond donors (Lipinski definition) is 2. The van der Waals surface area contributed by atoms with E-state index in [9.17, 15) is 14.7 Å². The average Bonchev–Trinajstić information content (AvgIpc) is 2.85. The molecule has 0 aliphatic carbocycles. The third-order valence-electron chi connectivity index (χ3n) is 4.72. The minimum Gasteiger partial charge on any atom is -0.480 e. The van der Waals surface area contributed by atoms with Crippen LogP contribution in [0.5, 0.6) is 0 Å². The highest BCUT2D eigenvalue weighted by molar-refractivity contribution is 5.80. The van der Waals surface area contributed by atoms with E-state index < -0.39 is 23.7 Å². The highest BCUT2D eigenvalue weighted by Crippen LogP contribution is 2.26. The lowest BCUT2D eigenvalue weighted by molar-refractivity contribution is -0.139. The van der Waals surface area contributed by atoms with E-state index in [1.54, 1.807) is 20.8 Å². The van der Waals surface area contributed by atoms with Gasteiger partial charge in [0.2, 0.25) is 0 Å². The fraction of sp³-hybridized carbons (Fsp3) is 0.609. The number of ether oxygens (including phenoxy) is 1. The lowest BCUT2D eigenvalue weighted by Crippen LogP contribution is -2.43. The Balaban J connectivity index is 2.29. The zero-order valence-electron chi connectivity index (χ0n) is 19.4. The maximum Gasteiger partial charge on any atom is 0.408 e. The number of carbonyl (C=O) groups is 2. The smallest absolute Gasteiger partial charge is 0.408 e. The molecule has 1 amide bonds. The number of carbonyl (C=O) groups excluding carboxylic acids is 1. The molecule has 30 heavy (non-hydrogen) atoms. The number of rotatable bonds is 6. The average molecular weight is 418 g/mol. The van der Waals surface area contributed by atoms with Crippen LogP contribution in [0.2, 0.25) is 0 Å². The van der Waals surface area contributed by atoms with Gasteiger partial charge in [-0.25, -0.2) is 14.6 Å². The Labute approximate surface area is 178 Å². The SMILES string of the molecule is Cc1cc2nc(CCC(NC(=O)OC(C)(C)C)C(=O)O)n(CC(C)(C)C)c2cc1C. The number of nitrogens with one attached hydrogen (secondary N) is 1. The predicted molar refractivity (Wildman–Crippen MR) is 118 cm³/mol. The molecular formula is C23H35N3O4. The van der Waals surface area contributed by atoms with E-state index >= 15 is 0 Å². The number of alkyl carbamates (subject to hydrolysis) is 1. The molecule has 7 nitrogen and oxygen atoms in total. The Morgan fingerprint density at radius 3 is 2.27 bits per heavy atom. The monoisotopic (exact) mass is 417 g/mol. The molecule has 1 aromatic heterocycles. The van der Waals surface area contributed by atoms with Gasteiger partial charge < -0.3 is 19.7 Å². The molecule has 0 spiro atoms. The van der Waals surface area contributed by atoms with E-state index in [1.165, 1.54) is 11.1 Å². The van der Waals surface area contributed by atoms with Crippen LogP contribution in [0, 0.1) is 19.3 Å². The van der Waals surface area contributed by atoms with Crippen LogP contribution >= 0.6 is 0 Å². The second-order valence-corrected chi connectivity index (χ2v) is 10.2. The summed E-state index contributed by atoms with van der Waals surface area (Å²) in [6.07, 6.45) is -0.0837. The van der Waals surface area contributed by atoms with E-state index in [2.05, 4.69) is 56.6 Å². The first kappa shape index (κ1) is 23.7. The van der Waals surface area contributed by atoms with Crippen molar-refractivity contribution in [1.82, 2.24) is 14.9 Å². The standard InChI is InChI=1S/C23H35N3O4/c1-14-11-17-18(12-15(14)2)26(13-22(3,4)5)19(24-17)10-9-16(20(27)28)25-21(29)30-23(6,7)8/h11-12,16H,9-10,13H2,1-8H3,(H,25,29)(H,27,28). The Hall–Kier alpha value is -2.57. The number of imidazole rings is 1. The van der Waals surface area contributed by atoms with Gasteiger partial charge in [-0.1, -0.05) is 20.8 Å². The van der Waals surface area contributed by atoms with Gasteiger partial charge in [-0.2, -0.15) is 0 Å². The number of aliphatic carboxylic acids is 1. The molecule has 1 heterocycles. The van der Waals surface area contributed by atoms with Crippen LogP contribution in [-0.2, 0) is 22.5 Å². The predicted octanol–water partition coefficient (Wildman–Crippen LogP) is 4.61. The fourth-order valence-corrected chi connectivity index (χ4v) is 3.25. The van der Waals surface area contributed by atoms with Crippen LogP contribution in [0.1, 0.15) is 64.9 Å². The topological polar surface area (TPSA) is 93.4 Å². The summed E-state index contributed by atoms with van der Waals surface area (Å²) in [5, 5.41) is 12.0. The molecule has 1 unspecified atom stereocenters. The highest BCUT2D eigenvalue weighted by Gasteiger charge is 2.25. The van der Waals surface area contributed by atoms with Crippen LogP contribution in [0.15, 0.2) is 12.1 Å². The van der Waals surface area contributed by atoms with E-state index in [0.717, 1.165) is 23.4 Å². The normalized spacial score (nSPS) is 13.3. The van der Waals surface area contributed by atoms with Crippen molar-refractivity contribution in [3.63, 3.8) is 0 Å². The van der Waals surface area contributed by atoms with Crippen LogP contribution in [-0.4, -0.2) is 38.4 Å². The van der Waals surface area contributed by atoms with E-state index in [0.29, 0.717) is 6.42 Å². The van der Waals surface area contributed by atoms with Crippen LogP contribution in [0.4, 0.5) is 4.79 Å². The van der Waals surface area contributed by atoms with E-state index in [1.807, 2.05) is 0 Å². The van der Waals surface area contributed by atoms with Crippen LogP contribution in [0.3, 0.4) is 0 Å². The molecule has 0 bridgehead atoms. The number of carboxylic acids is 1. The first-order valence-electron chi connectivity index (χ1n) is 10.3. The molecule has 0 aliphatic rings. The molecule has 0 saturated heterocycles. The Kier molecular flexibility index (Phi) is 6.84. The number of aryl methyl sites for hydroxylation is 3. The van der Waals surface area contributed by atoms with Gasteiger partial charge in [-0.15, -0.1) is 0 Å². The maximum atomic E-state index is 12.0. The fourth-order valence-electron chi connectivity index (χ4n) is 3.25. The van der Waals surface area contributed by atoms with Crippen molar-refractivity contribution in [2.75, 3.05) is 0 Å². The first-order valence-corrected chi connectivity index (χ1v) is 10.3. The molecule has 2 aromatic rings. The van der Waals surface area contributed by atoms with Gasteiger partial charge in [-0.3, -0.25) is 0 Å². The Morgan fingerprint density at radius 2 is 1.73 bits per heavy atom. The molecule has 0 aliphatic heterocycles. The van der Waals surface area contributed by atoms with Gasteiger partial charge in [0.15, 0.2) is 0 Å². The zero-order valence-corrected chi connectivity index (χ0v) is 19.4. The molecule has 2 rings (SSSR count). The second-order valence-electron chi connectivity index (χ2n) is 10.2. The summed E-state index contributed by atoms with van der Waals surface area (Å²) in [5.41, 5.74) is 3.66. The number of benzene rings is 1. The van der Waals surface area contributed by atoms with Crippen molar-refractivity contribution in [3.05, 3.63) is 29.1 Å². The van der Waals surface area contributed by atoms with Crippen LogP contribution < -0.4 is 5.32 Å². The molecule has 2 N–H and O–H groups in total.